The summed E-state index contributed by atoms with van der Waals surface area (Å²) in [5, 5.41) is 0. The first-order valence-corrected chi connectivity index (χ1v) is 8.08. The lowest BCUT2D eigenvalue weighted by molar-refractivity contribution is 0.282. The van der Waals surface area contributed by atoms with Crippen molar-refractivity contribution in [2.75, 3.05) is 22.9 Å². The van der Waals surface area contributed by atoms with E-state index < -0.39 is 9.84 Å². The molecule has 2 fully saturated rings. The molecule has 0 spiro atoms. The molecule has 0 aliphatic carbocycles. The van der Waals surface area contributed by atoms with Gasteiger partial charge in [-0.25, -0.2) is 8.42 Å². The lowest BCUT2D eigenvalue weighted by Gasteiger charge is -2.20. The Morgan fingerprint density at radius 1 is 1.33 bits per heavy atom. The Balaban J connectivity index is 1.84. The lowest BCUT2D eigenvalue weighted by Crippen LogP contribution is -2.32. The van der Waals surface area contributed by atoms with E-state index in [1.165, 1.54) is 12.2 Å². The molecular weight excluding hydrogens is 274 g/mol. The van der Waals surface area contributed by atoms with Gasteiger partial charge in [0.1, 0.15) is 24.1 Å². The predicted molar refractivity (Wildman–Crippen MR) is 70.4 cm³/mol. The molecule has 0 amide bonds. The van der Waals surface area contributed by atoms with Gasteiger partial charge in [0.2, 0.25) is 0 Å². The van der Waals surface area contributed by atoms with Crippen molar-refractivity contribution in [1.29, 1.82) is 0 Å². The standard InChI is InChI=1S/C11H13NO4S2/c1-15-9-4-2-8(3-5-9)12-10-6-18(13,14)7-11(10)16-17-12/h2-5,10-11H,6-7H2,1H3/t10-,11+/m1/s1. The molecule has 0 N–H and O–H groups in total. The summed E-state index contributed by atoms with van der Waals surface area (Å²) in [7, 11) is -1.35. The van der Waals surface area contributed by atoms with Gasteiger partial charge < -0.3 is 4.74 Å². The van der Waals surface area contributed by atoms with Crippen molar-refractivity contribution in [2.45, 2.75) is 12.1 Å². The molecule has 0 saturated carbocycles. The number of methoxy groups -OCH3 is 1. The van der Waals surface area contributed by atoms with Gasteiger partial charge in [0.05, 0.1) is 24.7 Å². The van der Waals surface area contributed by atoms with E-state index in [4.69, 9.17) is 8.92 Å². The van der Waals surface area contributed by atoms with Crippen LogP contribution in [0.25, 0.3) is 0 Å². The zero-order chi connectivity index (χ0) is 12.8. The van der Waals surface area contributed by atoms with E-state index in [0.717, 1.165) is 11.4 Å². The molecule has 3 rings (SSSR count). The van der Waals surface area contributed by atoms with Gasteiger partial charge in [0.15, 0.2) is 9.84 Å². The Morgan fingerprint density at radius 3 is 2.72 bits per heavy atom. The first-order valence-electron chi connectivity index (χ1n) is 5.56. The number of nitrogens with zero attached hydrogens (tertiary/aromatic N) is 1. The molecular formula is C11H13NO4S2. The van der Waals surface area contributed by atoms with E-state index in [-0.39, 0.29) is 23.7 Å². The highest BCUT2D eigenvalue weighted by Gasteiger charge is 2.47. The monoisotopic (exact) mass is 287 g/mol. The fourth-order valence-corrected chi connectivity index (χ4v) is 5.15. The van der Waals surface area contributed by atoms with Crippen LogP contribution in [-0.4, -0.2) is 39.2 Å². The maximum Gasteiger partial charge on any atom is 0.155 e. The smallest absolute Gasteiger partial charge is 0.155 e. The molecule has 0 unspecified atom stereocenters. The lowest BCUT2D eigenvalue weighted by atomic mass is 10.2. The number of fused-ring (bicyclic) bond motifs is 1. The summed E-state index contributed by atoms with van der Waals surface area (Å²) >= 11 is 1.23. The average Bonchev–Trinajstić information content (AvgIpc) is 2.84. The first-order chi connectivity index (χ1) is 8.59. The van der Waals surface area contributed by atoms with Crippen LogP contribution in [0.15, 0.2) is 24.3 Å². The van der Waals surface area contributed by atoms with Crippen LogP contribution in [0, 0.1) is 0 Å². The van der Waals surface area contributed by atoms with Crippen LogP contribution in [0.2, 0.25) is 0 Å². The van der Waals surface area contributed by atoms with E-state index in [0.29, 0.717) is 0 Å². The second-order valence-electron chi connectivity index (χ2n) is 4.38. The normalized spacial score (nSPS) is 29.3. The summed E-state index contributed by atoms with van der Waals surface area (Å²) in [6.07, 6.45) is -0.220. The summed E-state index contributed by atoms with van der Waals surface area (Å²) in [6, 6.07) is 7.43. The second-order valence-corrected chi connectivity index (χ2v) is 7.27. The quantitative estimate of drug-likeness (QED) is 0.603. The minimum atomic E-state index is -2.96. The molecule has 2 aliphatic heterocycles. The molecule has 1 aromatic carbocycles. The largest absolute Gasteiger partial charge is 0.497 e. The molecule has 2 heterocycles. The minimum Gasteiger partial charge on any atom is -0.497 e. The van der Waals surface area contributed by atoms with Crippen molar-refractivity contribution in [3.05, 3.63) is 24.3 Å². The van der Waals surface area contributed by atoms with Crippen LogP contribution >= 0.6 is 12.2 Å². The molecule has 0 aromatic heterocycles. The third kappa shape index (κ3) is 2.06. The van der Waals surface area contributed by atoms with E-state index >= 15 is 0 Å². The van der Waals surface area contributed by atoms with Crippen LogP contribution in [0.5, 0.6) is 5.75 Å². The van der Waals surface area contributed by atoms with E-state index in [9.17, 15) is 8.42 Å². The van der Waals surface area contributed by atoms with Gasteiger partial charge in [-0.1, -0.05) is 0 Å². The molecule has 2 saturated heterocycles. The zero-order valence-electron chi connectivity index (χ0n) is 9.78. The maximum atomic E-state index is 11.6. The fourth-order valence-electron chi connectivity index (χ4n) is 2.23. The SMILES string of the molecule is COc1ccc(N2SO[C@H]3CS(=O)(=O)C[C@H]32)cc1. The zero-order valence-corrected chi connectivity index (χ0v) is 11.4. The van der Waals surface area contributed by atoms with E-state index in [1.807, 2.05) is 28.6 Å². The van der Waals surface area contributed by atoms with Gasteiger partial charge in [-0.3, -0.25) is 8.49 Å². The van der Waals surface area contributed by atoms with Crippen LogP contribution in [0.3, 0.4) is 0 Å². The Kier molecular flexibility index (Phi) is 2.91. The van der Waals surface area contributed by atoms with Gasteiger partial charge in [-0.05, 0) is 24.3 Å². The molecule has 7 heteroatoms. The number of anilines is 1. The summed E-state index contributed by atoms with van der Waals surface area (Å²) in [5.41, 5.74) is 0.936. The highest BCUT2D eigenvalue weighted by molar-refractivity contribution is 7.97. The van der Waals surface area contributed by atoms with E-state index in [2.05, 4.69) is 0 Å². The Bertz CT molecular complexity index is 543. The number of hydrogen-bond acceptors (Lipinski definition) is 6. The van der Waals surface area contributed by atoms with Crippen LogP contribution in [0.4, 0.5) is 5.69 Å². The van der Waals surface area contributed by atoms with Gasteiger partial charge in [-0.2, -0.15) is 0 Å². The number of ether oxygens (including phenoxy) is 1. The van der Waals surface area contributed by atoms with E-state index in [1.54, 1.807) is 7.11 Å². The average molecular weight is 287 g/mol. The molecule has 0 bridgehead atoms. The summed E-state index contributed by atoms with van der Waals surface area (Å²) in [4.78, 5) is 0. The number of rotatable bonds is 2. The second kappa shape index (κ2) is 4.32. The predicted octanol–water partition coefficient (Wildman–Crippen LogP) is 1.26. The fraction of sp³-hybridized carbons (Fsp3) is 0.455. The van der Waals surface area contributed by atoms with Crippen molar-refractivity contribution in [1.82, 2.24) is 0 Å². The molecule has 0 radical (unpaired) electrons. The van der Waals surface area contributed by atoms with Gasteiger partial charge >= 0.3 is 0 Å². The number of hydrogen-bond donors (Lipinski definition) is 0. The highest BCUT2D eigenvalue weighted by atomic mass is 32.2. The molecule has 18 heavy (non-hydrogen) atoms. The van der Waals surface area contributed by atoms with Crippen molar-refractivity contribution in [3.63, 3.8) is 0 Å². The van der Waals surface area contributed by atoms with Crippen LogP contribution < -0.4 is 9.04 Å². The third-order valence-corrected chi connectivity index (χ3v) is 5.81. The topological polar surface area (TPSA) is 55.8 Å². The summed E-state index contributed by atoms with van der Waals surface area (Å²) in [6.45, 7) is 0. The minimum absolute atomic E-state index is 0.0894. The van der Waals surface area contributed by atoms with Crippen molar-refractivity contribution >= 4 is 27.8 Å². The number of benzene rings is 1. The summed E-state index contributed by atoms with van der Waals surface area (Å²) < 4.78 is 35.7. The number of sulfone groups is 1. The van der Waals surface area contributed by atoms with Gasteiger partial charge in [0, 0.05) is 5.69 Å². The Labute approximate surface area is 110 Å². The molecule has 2 aliphatic rings. The highest BCUT2D eigenvalue weighted by Crippen LogP contribution is 2.40. The van der Waals surface area contributed by atoms with Crippen molar-refractivity contribution < 1.29 is 17.3 Å². The first kappa shape index (κ1) is 12.1. The molecule has 5 nitrogen and oxygen atoms in total. The van der Waals surface area contributed by atoms with Gasteiger partial charge in [-0.15, -0.1) is 0 Å². The van der Waals surface area contributed by atoms with Crippen LogP contribution in [0.1, 0.15) is 0 Å². The van der Waals surface area contributed by atoms with Crippen molar-refractivity contribution in [3.8, 4) is 5.75 Å². The molecule has 2 atom stereocenters. The van der Waals surface area contributed by atoms with Crippen LogP contribution in [-0.2, 0) is 14.0 Å². The Hall–Kier alpha value is -0.920. The third-order valence-electron chi connectivity index (χ3n) is 3.15. The molecule has 1 aromatic rings. The summed E-state index contributed by atoms with van der Waals surface area (Å²) in [5.74, 6) is 1.06. The maximum absolute atomic E-state index is 11.6. The van der Waals surface area contributed by atoms with Crippen molar-refractivity contribution in [2.24, 2.45) is 0 Å². The molecule has 98 valence electrons. The Morgan fingerprint density at radius 2 is 2.06 bits per heavy atom. The van der Waals surface area contributed by atoms with Gasteiger partial charge in [0.25, 0.3) is 0 Å².